The van der Waals surface area contributed by atoms with Crippen molar-refractivity contribution in [3.8, 4) is 0 Å². The molecular formula is C10H11FN2O5. The molecule has 7 nitrogen and oxygen atoms in total. The standard InChI is InChI=1S/C10H11FN2O5/c1-10(16,9(14)15)5-12-7-4-2-3-6(11)8(7)13(17)18/h2-4,12,16H,5H2,1H3,(H,14,15). The molecule has 0 saturated heterocycles. The van der Waals surface area contributed by atoms with Gasteiger partial charge in [0.15, 0.2) is 5.60 Å². The van der Waals surface area contributed by atoms with Crippen molar-refractivity contribution in [3.05, 3.63) is 34.1 Å². The van der Waals surface area contributed by atoms with Crippen LogP contribution in [0.5, 0.6) is 0 Å². The van der Waals surface area contributed by atoms with E-state index in [1.165, 1.54) is 12.1 Å². The molecule has 0 saturated carbocycles. The van der Waals surface area contributed by atoms with Crippen LogP contribution < -0.4 is 5.32 Å². The highest BCUT2D eigenvalue weighted by Gasteiger charge is 2.31. The Bertz CT molecular complexity index is 489. The zero-order valence-corrected chi connectivity index (χ0v) is 9.38. The number of hydrogen-bond acceptors (Lipinski definition) is 5. The Hall–Kier alpha value is -2.22. The number of carboxylic acids is 1. The SMILES string of the molecule is CC(O)(CNc1cccc(F)c1[N+](=O)[O-])C(=O)O. The Labute approximate surface area is 101 Å². The molecule has 0 spiro atoms. The number of halogens is 1. The number of carbonyl (C=O) groups is 1. The molecule has 0 radical (unpaired) electrons. The van der Waals surface area contributed by atoms with Crippen LogP contribution in [0.15, 0.2) is 18.2 Å². The Morgan fingerprint density at radius 3 is 2.72 bits per heavy atom. The topological polar surface area (TPSA) is 113 Å². The molecule has 0 fully saturated rings. The molecule has 0 aliphatic carbocycles. The average Bonchev–Trinajstić information content (AvgIpc) is 2.25. The summed E-state index contributed by atoms with van der Waals surface area (Å²) in [6.07, 6.45) is 0. The number of anilines is 1. The number of aliphatic hydroxyl groups is 1. The predicted octanol–water partition coefficient (Wildman–Crippen LogP) is 0.981. The summed E-state index contributed by atoms with van der Waals surface area (Å²) in [4.78, 5) is 20.4. The lowest BCUT2D eigenvalue weighted by atomic mass is 10.1. The van der Waals surface area contributed by atoms with Crippen molar-refractivity contribution in [3.63, 3.8) is 0 Å². The Morgan fingerprint density at radius 2 is 2.22 bits per heavy atom. The van der Waals surface area contributed by atoms with Gasteiger partial charge in [0.2, 0.25) is 5.82 Å². The summed E-state index contributed by atoms with van der Waals surface area (Å²) in [5, 5.41) is 31.1. The first-order valence-corrected chi connectivity index (χ1v) is 4.88. The van der Waals surface area contributed by atoms with Gasteiger partial charge < -0.3 is 15.5 Å². The van der Waals surface area contributed by atoms with Gasteiger partial charge in [-0.3, -0.25) is 10.1 Å². The number of nitrogens with one attached hydrogen (secondary N) is 1. The summed E-state index contributed by atoms with van der Waals surface area (Å²) in [5.74, 6) is -2.53. The molecule has 3 N–H and O–H groups in total. The van der Waals surface area contributed by atoms with Gasteiger partial charge in [-0.1, -0.05) is 6.07 Å². The minimum absolute atomic E-state index is 0.193. The summed E-state index contributed by atoms with van der Waals surface area (Å²) in [6, 6.07) is 3.37. The highest BCUT2D eigenvalue weighted by molar-refractivity contribution is 5.77. The molecule has 0 bridgehead atoms. The molecule has 1 aromatic rings. The molecule has 0 aromatic heterocycles. The fraction of sp³-hybridized carbons (Fsp3) is 0.300. The summed E-state index contributed by atoms with van der Waals surface area (Å²) in [5.41, 5.74) is -3.10. The molecule has 0 aliphatic heterocycles. The van der Waals surface area contributed by atoms with E-state index in [2.05, 4.69) is 5.32 Å². The van der Waals surface area contributed by atoms with Crippen LogP contribution in [0.25, 0.3) is 0 Å². The van der Waals surface area contributed by atoms with E-state index >= 15 is 0 Å². The number of nitro groups is 1. The van der Waals surface area contributed by atoms with E-state index in [-0.39, 0.29) is 5.69 Å². The van der Waals surface area contributed by atoms with E-state index in [0.717, 1.165) is 13.0 Å². The molecule has 1 unspecified atom stereocenters. The maximum atomic E-state index is 13.2. The second-order valence-electron chi connectivity index (χ2n) is 3.83. The molecule has 8 heteroatoms. The molecule has 0 amide bonds. The average molecular weight is 258 g/mol. The third kappa shape index (κ3) is 2.92. The third-order valence-electron chi connectivity index (χ3n) is 2.25. The van der Waals surface area contributed by atoms with Crippen LogP contribution in [0.4, 0.5) is 15.8 Å². The van der Waals surface area contributed by atoms with Gasteiger partial charge in [-0.05, 0) is 19.1 Å². The van der Waals surface area contributed by atoms with Crippen molar-refractivity contribution in [1.82, 2.24) is 0 Å². The van der Waals surface area contributed by atoms with Crippen LogP contribution in [0, 0.1) is 15.9 Å². The quantitative estimate of drug-likeness (QED) is 0.536. The van der Waals surface area contributed by atoms with Crippen LogP contribution in [-0.2, 0) is 4.79 Å². The van der Waals surface area contributed by atoms with E-state index < -0.39 is 34.5 Å². The van der Waals surface area contributed by atoms with E-state index in [9.17, 15) is 24.4 Å². The second-order valence-corrected chi connectivity index (χ2v) is 3.83. The lowest BCUT2D eigenvalue weighted by Gasteiger charge is -2.18. The Kier molecular flexibility index (Phi) is 3.82. The zero-order valence-electron chi connectivity index (χ0n) is 9.38. The number of hydrogen-bond donors (Lipinski definition) is 3. The molecule has 0 heterocycles. The first-order valence-electron chi connectivity index (χ1n) is 4.88. The highest BCUT2D eigenvalue weighted by Crippen LogP contribution is 2.27. The van der Waals surface area contributed by atoms with Crippen molar-refractivity contribution in [2.24, 2.45) is 0 Å². The molecule has 0 aliphatic rings. The third-order valence-corrected chi connectivity index (χ3v) is 2.25. The van der Waals surface area contributed by atoms with Gasteiger partial charge in [0.05, 0.1) is 11.5 Å². The van der Waals surface area contributed by atoms with Crippen molar-refractivity contribution >= 4 is 17.3 Å². The minimum atomic E-state index is -2.11. The molecular weight excluding hydrogens is 247 g/mol. The van der Waals surface area contributed by atoms with E-state index in [1.54, 1.807) is 0 Å². The minimum Gasteiger partial charge on any atom is -0.479 e. The lowest BCUT2D eigenvalue weighted by Crippen LogP contribution is -2.41. The van der Waals surface area contributed by atoms with Gasteiger partial charge in [0.1, 0.15) is 5.69 Å². The fourth-order valence-electron chi connectivity index (χ4n) is 1.19. The smallest absolute Gasteiger partial charge is 0.337 e. The van der Waals surface area contributed by atoms with Crippen LogP contribution in [-0.4, -0.2) is 33.3 Å². The number of benzene rings is 1. The van der Waals surface area contributed by atoms with Crippen molar-refractivity contribution < 1.29 is 24.3 Å². The van der Waals surface area contributed by atoms with Gasteiger partial charge >= 0.3 is 11.7 Å². The molecule has 98 valence electrons. The predicted molar refractivity (Wildman–Crippen MR) is 59.8 cm³/mol. The second kappa shape index (κ2) is 4.96. The van der Waals surface area contributed by atoms with Crippen molar-refractivity contribution in [1.29, 1.82) is 0 Å². The van der Waals surface area contributed by atoms with Crippen molar-refractivity contribution in [2.45, 2.75) is 12.5 Å². The molecule has 1 rings (SSSR count). The van der Waals surface area contributed by atoms with Crippen LogP contribution >= 0.6 is 0 Å². The normalized spacial score (nSPS) is 13.7. The lowest BCUT2D eigenvalue weighted by molar-refractivity contribution is -0.386. The highest BCUT2D eigenvalue weighted by atomic mass is 19.1. The first-order chi connectivity index (χ1) is 8.25. The maximum Gasteiger partial charge on any atom is 0.337 e. The van der Waals surface area contributed by atoms with Gasteiger partial charge in [-0.15, -0.1) is 0 Å². The number of para-hydroxylation sites is 1. The van der Waals surface area contributed by atoms with E-state index in [4.69, 9.17) is 5.11 Å². The number of nitro benzene ring substituents is 1. The first kappa shape index (κ1) is 13.8. The summed E-state index contributed by atoms with van der Waals surface area (Å²) >= 11 is 0. The van der Waals surface area contributed by atoms with Gasteiger partial charge in [0.25, 0.3) is 0 Å². The monoisotopic (exact) mass is 258 g/mol. The van der Waals surface area contributed by atoms with E-state index in [1.807, 2.05) is 0 Å². The van der Waals surface area contributed by atoms with Gasteiger partial charge in [-0.25, -0.2) is 4.79 Å². The summed E-state index contributed by atoms with van der Waals surface area (Å²) in [6.45, 7) is 0.528. The number of aliphatic carboxylic acids is 1. The Balaban J connectivity index is 2.96. The summed E-state index contributed by atoms with van der Waals surface area (Å²) < 4.78 is 13.2. The number of carboxylic acid groups (broad SMARTS) is 1. The number of rotatable bonds is 5. The van der Waals surface area contributed by atoms with Crippen LogP contribution in [0.3, 0.4) is 0 Å². The maximum absolute atomic E-state index is 13.2. The summed E-state index contributed by atoms with van der Waals surface area (Å²) in [7, 11) is 0. The van der Waals surface area contributed by atoms with Crippen LogP contribution in [0.2, 0.25) is 0 Å². The fourth-order valence-corrected chi connectivity index (χ4v) is 1.19. The van der Waals surface area contributed by atoms with Gasteiger partial charge in [-0.2, -0.15) is 4.39 Å². The van der Waals surface area contributed by atoms with Crippen molar-refractivity contribution in [2.75, 3.05) is 11.9 Å². The number of nitrogens with zero attached hydrogens (tertiary/aromatic N) is 1. The molecule has 1 aromatic carbocycles. The largest absolute Gasteiger partial charge is 0.479 e. The van der Waals surface area contributed by atoms with E-state index in [0.29, 0.717) is 0 Å². The Morgan fingerprint density at radius 1 is 1.61 bits per heavy atom. The van der Waals surface area contributed by atoms with Crippen LogP contribution in [0.1, 0.15) is 6.92 Å². The van der Waals surface area contributed by atoms with Gasteiger partial charge in [0, 0.05) is 0 Å². The molecule has 18 heavy (non-hydrogen) atoms. The molecule has 1 atom stereocenters. The zero-order chi connectivity index (χ0) is 13.9.